The number of carboxylic acid groups (broad SMARTS) is 1. The van der Waals surface area contributed by atoms with Gasteiger partial charge >= 0.3 is 12.1 Å². The van der Waals surface area contributed by atoms with Crippen LogP contribution in [0.15, 0.2) is 30.3 Å². The number of carbonyl (C=O) groups is 4. The normalized spacial score (nSPS) is 19.0. The Kier molecular flexibility index (Phi) is 6.61. The molecule has 0 aromatic heterocycles. The fraction of sp³-hybridized carbons (Fsp3) is 0.474. The molecule has 9 heteroatoms. The lowest BCUT2D eigenvalue weighted by Crippen LogP contribution is -2.46. The first-order valence-electron chi connectivity index (χ1n) is 8.92. The van der Waals surface area contributed by atoms with Crippen molar-refractivity contribution in [1.29, 1.82) is 0 Å². The van der Waals surface area contributed by atoms with Crippen molar-refractivity contribution in [1.82, 2.24) is 15.5 Å². The molecule has 28 heavy (non-hydrogen) atoms. The van der Waals surface area contributed by atoms with Crippen LogP contribution in [0.1, 0.15) is 37.6 Å². The molecule has 1 saturated heterocycles. The predicted octanol–water partition coefficient (Wildman–Crippen LogP) is 0.995. The Morgan fingerprint density at radius 3 is 2.39 bits per heavy atom. The van der Waals surface area contributed by atoms with E-state index in [-0.39, 0.29) is 18.9 Å². The second-order valence-electron chi connectivity index (χ2n) is 7.53. The van der Waals surface area contributed by atoms with Crippen molar-refractivity contribution in [3.05, 3.63) is 35.9 Å². The number of benzene rings is 1. The van der Waals surface area contributed by atoms with Gasteiger partial charge in [-0.15, -0.1) is 0 Å². The molecule has 1 heterocycles. The highest BCUT2D eigenvalue weighted by Crippen LogP contribution is 2.19. The van der Waals surface area contributed by atoms with Gasteiger partial charge in [0.15, 0.2) is 0 Å². The number of carboxylic acids is 1. The summed E-state index contributed by atoms with van der Waals surface area (Å²) in [6.07, 6.45) is -0.674. The average molecular weight is 391 g/mol. The van der Waals surface area contributed by atoms with E-state index in [1.165, 1.54) is 0 Å². The van der Waals surface area contributed by atoms with Crippen LogP contribution >= 0.6 is 0 Å². The number of hydrogen-bond acceptors (Lipinski definition) is 5. The summed E-state index contributed by atoms with van der Waals surface area (Å²) in [5.41, 5.74) is -0.261. The summed E-state index contributed by atoms with van der Waals surface area (Å²) in [4.78, 5) is 49.0. The Morgan fingerprint density at radius 1 is 1.18 bits per heavy atom. The lowest BCUT2D eigenvalue weighted by atomic mass is 10.1. The van der Waals surface area contributed by atoms with Gasteiger partial charge in [-0.2, -0.15) is 0 Å². The van der Waals surface area contributed by atoms with E-state index in [9.17, 15) is 24.3 Å². The zero-order chi connectivity index (χ0) is 20.9. The zero-order valence-corrected chi connectivity index (χ0v) is 16.1. The van der Waals surface area contributed by atoms with Gasteiger partial charge in [0.1, 0.15) is 18.2 Å². The topological polar surface area (TPSA) is 125 Å². The monoisotopic (exact) mass is 391 g/mol. The summed E-state index contributed by atoms with van der Waals surface area (Å²) in [5.74, 6) is -2.06. The standard InChI is InChI=1S/C19H25N3O6/c1-19(2,3)28-18(27)20-10-15(23)22-11-13(9-14(22)17(25)26)21-16(24)12-7-5-4-6-8-12/h4-8,13-14H,9-11H2,1-3H3,(H,20,27)(H,21,24)(H,25,26)/t13-,14?/m1/s1. The molecule has 152 valence electrons. The van der Waals surface area contributed by atoms with E-state index in [0.29, 0.717) is 5.56 Å². The maximum atomic E-state index is 12.4. The Balaban J connectivity index is 1.95. The lowest BCUT2D eigenvalue weighted by Gasteiger charge is -2.23. The number of likely N-dealkylation sites (tertiary alicyclic amines) is 1. The summed E-state index contributed by atoms with van der Waals surface area (Å²) in [5, 5.41) is 14.5. The summed E-state index contributed by atoms with van der Waals surface area (Å²) < 4.78 is 5.05. The van der Waals surface area contributed by atoms with Crippen LogP contribution in [0.4, 0.5) is 4.79 Å². The van der Waals surface area contributed by atoms with Gasteiger partial charge in [-0.25, -0.2) is 9.59 Å². The number of nitrogens with zero attached hydrogens (tertiary/aromatic N) is 1. The second-order valence-corrected chi connectivity index (χ2v) is 7.53. The Morgan fingerprint density at radius 2 is 1.82 bits per heavy atom. The first-order chi connectivity index (χ1) is 13.1. The van der Waals surface area contributed by atoms with E-state index >= 15 is 0 Å². The lowest BCUT2D eigenvalue weighted by molar-refractivity contribution is -0.147. The summed E-state index contributed by atoms with van der Waals surface area (Å²) in [7, 11) is 0. The molecule has 2 atom stereocenters. The number of hydrogen-bond donors (Lipinski definition) is 3. The van der Waals surface area contributed by atoms with Crippen molar-refractivity contribution < 1.29 is 29.0 Å². The van der Waals surface area contributed by atoms with Gasteiger partial charge in [-0.3, -0.25) is 9.59 Å². The molecular formula is C19H25N3O6. The highest BCUT2D eigenvalue weighted by molar-refractivity contribution is 5.94. The molecule has 1 aromatic rings. The van der Waals surface area contributed by atoms with Crippen molar-refractivity contribution in [3.63, 3.8) is 0 Å². The number of nitrogens with one attached hydrogen (secondary N) is 2. The largest absolute Gasteiger partial charge is 0.480 e. The molecule has 0 aliphatic carbocycles. The van der Waals surface area contributed by atoms with E-state index < -0.39 is 42.2 Å². The van der Waals surface area contributed by atoms with Crippen LogP contribution in [0.5, 0.6) is 0 Å². The molecule has 3 amide bonds. The molecule has 1 aliphatic rings. The number of ether oxygens (including phenoxy) is 1. The summed E-state index contributed by atoms with van der Waals surface area (Å²) >= 11 is 0. The van der Waals surface area contributed by atoms with Gasteiger partial charge in [-0.1, -0.05) is 18.2 Å². The Bertz CT molecular complexity index is 744. The first-order valence-corrected chi connectivity index (χ1v) is 8.92. The number of carbonyl (C=O) groups excluding carboxylic acids is 3. The van der Waals surface area contributed by atoms with Crippen LogP contribution in [0.25, 0.3) is 0 Å². The van der Waals surface area contributed by atoms with Crippen molar-refractivity contribution >= 4 is 23.9 Å². The molecule has 0 bridgehead atoms. The average Bonchev–Trinajstić information content (AvgIpc) is 3.03. The fourth-order valence-corrected chi connectivity index (χ4v) is 2.87. The molecule has 1 fully saturated rings. The molecular weight excluding hydrogens is 366 g/mol. The fourth-order valence-electron chi connectivity index (χ4n) is 2.87. The van der Waals surface area contributed by atoms with Gasteiger partial charge < -0.3 is 25.4 Å². The third-order valence-corrected chi connectivity index (χ3v) is 4.06. The third kappa shape index (κ3) is 5.97. The Hall–Kier alpha value is -3.10. The summed E-state index contributed by atoms with van der Waals surface area (Å²) in [6.45, 7) is 4.72. The maximum absolute atomic E-state index is 12.4. The van der Waals surface area contributed by atoms with Gasteiger partial charge in [-0.05, 0) is 32.9 Å². The molecule has 3 N–H and O–H groups in total. The van der Waals surface area contributed by atoms with Gasteiger partial charge in [0.05, 0.1) is 0 Å². The van der Waals surface area contributed by atoms with Crippen LogP contribution in [-0.4, -0.2) is 64.7 Å². The molecule has 1 aromatic carbocycles. The first kappa shape index (κ1) is 21.2. The minimum atomic E-state index is -1.16. The van der Waals surface area contributed by atoms with E-state index in [1.807, 2.05) is 0 Å². The molecule has 9 nitrogen and oxygen atoms in total. The highest BCUT2D eigenvalue weighted by Gasteiger charge is 2.40. The van der Waals surface area contributed by atoms with E-state index in [1.54, 1.807) is 51.1 Å². The third-order valence-electron chi connectivity index (χ3n) is 4.06. The van der Waals surface area contributed by atoms with Gasteiger partial charge in [0, 0.05) is 24.6 Å². The molecule has 0 spiro atoms. The number of rotatable bonds is 5. The minimum absolute atomic E-state index is 0.0460. The van der Waals surface area contributed by atoms with Crippen LogP contribution in [-0.2, 0) is 14.3 Å². The van der Waals surface area contributed by atoms with E-state index in [0.717, 1.165) is 4.90 Å². The van der Waals surface area contributed by atoms with Crippen LogP contribution in [0, 0.1) is 0 Å². The van der Waals surface area contributed by atoms with Crippen molar-refractivity contribution in [3.8, 4) is 0 Å². The predicted molar refractivity (Wildman–Crippen MR) is 99.7 cm³/mol. The second kappa shape index (κ2) is 8.73. The van der Waals surface area contributed by atoms with Gasteiger partial charge in [0.2, 0.25) is 5.91 Å². The van der Waals surface area contributed by atoms with Crippen LogP contribution < -0.4 is 10.6 Å². The zero-order valence-electron chi connectivity index (χ0n) is 16.1. The van der Waals surface area contributed by atoms with E-state index in [2.05, 4.69) is 10.6 Å². The smallest absolute Gasteiger partial charge is 0.408 e. The summed E-state index contributed by atoms with van der Waals surface area (Å²) in [6, 6.07) is 6.95. The molecule has 0 saturated carbocycles. The maximum Gasteiger partial charge on any atom is 0.408 e. The molecule has 0 radical (unpaired) electrons. The number of amides is 3. The molecule has 1 unspecified atom stereocenters. The van der Waals surface area contributed by atoms with E-state index in [4.69, 9.17) is 4.74 Å². The minimum Gasteiger partial charge on any atom is -0.480 e. The van der Waals surface area contributed by atoms with Crippen LogP contribution in [0.2, 0.25) is 0 Å². The number of aliphatic carboxylic acids is 1. The van der Waals surface area contributed by atoms with Crippen LogP contribution in [0.3, 0.4) is 0 Å². The highest BCUT2D eigenvalue weighted by atomic mass is 16.6. The molecule has 1 aliphatic heterocycles. The van der Waals surface area contributed by atoms with Crippen molar-refractivity contribution in [2.75, 3.05) is 13.1 Å². The van der Waals surface area contributed by atoms with Crippen molar-refractivity contribution in [2.24, 2.45) is 0 Å². The quantitative estimate of drug-likeness (QED) is 0.688. The Labute approximate surface area is 163 Å². The van der Waals surface area contributed by atoms with Gasteiger partial charge in [0.25, 0.3) is 5.91 Å². The number of alkyl carbamates (subject to hydrolysis) is 1. The molecule has 2 rings (SSSR count). The van der Waals surface area contributed by atoms with Crippen molar-refractivity contribution in [2.45, 2.75) is 44.9 Å². The SMILES string of the molecule is CC(C)(C)OC(=O)NCC(=O)N1C[C@H](NC(=O)c2ccccc2)CC1C(=O)O.